The molecule has 2 saturated heterocycles. The molecule has 1 aromatic carbocycles. The highest BCUT2D eigenvalue weighted by atomic mass is 19.4. The van der Waals surface area contributed by atoms with E-state index < -0.39 is 71.1 Å². The van der Waals surface area contributed by atoms with Gasteiger partial charge in [-0.25, -0.2) is 4.79 Å². The van der Waals surface area contributed by atoms with E-state index in [1.165, 1.54) is 6.92 Å². The van der Waals surface area contributed by atoms with Crippen molar-refractivity contribution in [3.63, 3.8) is 0 Å². The van der Waals surface area contributed by atoms with E-state index >= 15 is 0 Å². The molecule has 188 valence electrons. The fraction of sp³-hybridized carbons (Fsp3) is 0.556. The zero-order valence-electron chi connectivity index (χ0n) is 17.3. The lowest BCUT2D eigenvalue weighted by molar-refractivity contribution is -0.388. The normalized spacial score (nSPS) is 23.9. The Morgan fingerprint density at radius 1 is 1.15 bits per heavy atom. The Hall–Kier alpha value is -3.30. The number of carbonyl (C=O) groups is 2. The Balaban J connectivity index is 1.89. The monoisotopic (exact) mass is 500 g/mol. The van der Waals surface area contributed by atoms with Crippen molar-refractivity contribution in [1.82, 2.24) is 9.80 Å². The van der Waals surface area contributed by atoms with Crippen molar-refractivity contribution in [1.29, 1.82) is 0 Å². The van der Waals surface area contributed by atoms with Crippen LogP contribution < -0.4 is 4.90 Å². The van der Waals surface area contributed by atoms with Crippen LogP contribution >= 0.6 is 0 Å². The quantitative estimate of drug-likeness (QED) is 0.386. The molecule has 10 nitrogen and oxygen atoms in total. The van der Waals surface area contributed by atoms with Crippen LogP contribution in [0.3, 0.4) is 0 Å². The van der Waals surface area contributed by atoms with E-state index in [9.17, 15) is 46.0 Å². The third-order valence-corrected chi connectivity index (χ3v) is 5.49. The Morgan fingerprint density at radius 2 is 1.79 bits per heavy atom. The molecule has 0 bridgehead atoms. The number of nitrogens with zero attached hydrogens (tertiary/aromatic N) is 4. The fourth-order valence-electron chi connectivity index (χ4n) is 3.91. The Kier molecular flexibility index (Phi) is 6.56. The fourth-order valence-corrected chi connectivity index (χ4v) is 3.91. The van der Waals surface area contributed by atoms with Gasteiger partial charge in [0.2, 0.25) is 6.23 Å². The van der Waals surface area contributed by atoms with Crippen molar-refractivity contribution in [2.45, 2.75) is 37.7 Å². The van der Waals surface area contributed by atoms with Gasteiger partial charge in [0.1, 0.15) is 5.56 Å². The van der Waals surface area contributed by atoms with Crippen LogP contribution in [0.2, 0.25) is 0 Å². The number of alkyl halides is 6. The number of carboxylic acid groups (broad SMARTS) is 1. The van der Waals surface area contributed by atoms with Gasteiger partial charge in [-0.15, -0.1) is 0 Å². The van der Waals surface area contributed by atoms with Crippen molar-refractivity contribution >= 4 is 23.4 Å². The summed E-state index contributed by atoms with van der Waals surface area (Å²) in [7, 11) is 0. The van der Waals surface area contributed by atoms with Gasteiger partial charge >= 0.3 is 18.4 Å². The predicted octanol–water partition coefficient (Wildman–Crippen LogP) is 2.92. The Bertz CT molecular complexity index is 987. The molecule has 2 heterocycles. The number of hydrogen-bond acceptors (Lipinski definition) is 6. The third-order valence-electron chi connectivity index (χ3n) is 5.49. The summed E-state index contributed by atoms with van der Waals surface area (Å²) in [5.41, 5.74) is -3.75. The molecule has 0 aliphatic carbocycles. The summed E-state index contributed by atoms with van der Waals surface area (Å²) in [4.78, 5) is 36.2. The smallest absolute Gasteiger partial charge is 0.433 e. The number of nitro groups is 1. The van der Waals surface area contributed by atoms with Crippen molar-refractivity contribution in [2.24, 2.45) is 0 Å². The van der Waals surface area contributed by atoms with E-state index in [1.807, 2.05) is 0 Å². The molecule has 3 atom stereocenters. The number of halogens is 6. The molecule has 3 rings (SSSR count). The molecule has 2 aliphatic heterocycles. The number of carbonyl (C=O) groups excluding carboxylic acids is 1. The number of nitro benzene ring substituents is 1. The SMILES string of the molecule is CC1CN(C(=O)C2CN(c3ccc([N+](=O)[O-])c(C(F)(F)F)c3)C(C(F)(F)F)O2)CCN1C(=O)O. The standard InChI is InChI=1S/C18H18F6N4O6/c1-9-7-25(4-5-26(9)16(30)31)14(29)13-8-27(15(34-13)18(22,23)24)10-2-3-12(28(32)33)11(6-10)17(19,20)21/h2-3,6,9,13,15H,4-5,7-8H2,1H3,(H,30,31). The number of ether oxygens (including phenoxy) is 1. The molecule has 0 radical (unpaired) electrons. The van der Waals surface area contributed by atoms with Crippen LogP contribution in [0.4, 0.5) is 42.5 Å². The van der Waals surface area contributed by atoms with Gasteiger partial charge < -0.3 is 24.5 Å². The number of hydrogen-bond donors (Lipinski definition) is 1. The minimum absolute atomic E-state index is 0.0847. The molecular formula is C18H18F6N4O6. The minimum atomic E-state index is -5.22. The first-order valence-electron chi connectivity index (χ1n) is 9.74. The van der Waals surface area contributed by atoms with Gasteiger partial charge in [0.25, 0.3) is 11.6 Å². The minimum Gasteiger partial charge on any atom is -0.465 e. The van der Waals surface area contributed by atoms with Crippen LogP contribution in [-0.4, -0.2) is 82.6 Å². The second-order valence-corrected chi connectivity index (χ2v) is 7.74. The second kappa shape index (κ2) is 8.81. The highest BCUT2D eigenvalue weighted by Crippen LogP contribution is 2.41. The van der Waals surface area contributed by atoms with E-state index in [-0.39, 0.29) is 25.7 Å². The van der Waals surface area contributed by atoms with E-state index in [1.54, 1.807) is 0 Å². The van der Waals surface area contributed by atoms with Crippen molar-refractivity contribution in [3.05, 3.63) is 33.9 Å². The first-order valence-corrected chi connectivity index (χ1v) is 9.74. The average Bonchev–Trinajstić information content (AvgIpc) is 3.17. The molecular weight excluding hydrogens is 482 g/mol. The van der Waals surface area contributed by atoms with E-state index in [2.05, 4.69) is 0 Å². The predicted molar refractivity (Wildman–Crippen MR) is 101 cm³/mol. The third kappa shape index (κ3) is 4.95. The topological polar surface area (TPSA) is 116 Å². The van der Waals surface area contributed by atoms with Gasteiger partial charge in [0.05, 0.1) is 11.5 Å². The van der Waals surface area contributed by atoms with Gasteiger partial charge in [0, 0.05) is 37.4 Å². The summed E-state index contributed by atoms with van der Waals surface area (Å²) in [6.07, 6.45) is -16.0. The van der Waals surface area contributed by atoms with E-state index in [0.717, 1.165) is 15.9 Å². The van der Waals surface area contributed by atoms with Crippen LogP contribution in [0.5, 0.6) is 0 Å². The summed E-state index contributed by atoms with van der Waals surface area (Å²) in [6.45, 7) is 0.424. The highest BCUT2D eigenvalue weighted by Gasteiger charge is 2.53. The maximum atomic E-state index is 13.6. The summed E-state index contributed by atoms with van der Waals surface area (Å²) in [6, 6.07) is 0.722. The molecule has 0 aromatic heterocycles. The first-order chi connectivity index (χ1) is 15.6. The zero-order chi connectivity index (χ0) is 25.6. The molecule has 2 amide bonds. The molecule has 1 N–H and O–H groups in total. The van der Waals surface area contributed by atoms with Crippen molar-refractivity contribution in [2.75, 3.05) is 31.1 Å². The highest BCUT2D eigenvalue weighted by molar-refractivity contribution is 5.83. The number of anilines is 1. The van der Waals surface area contributed by atoms with Gasteiger partial charge in [-0.1, -0.05) is 0 Å². The van der Waals surface area contributed by atoms with Crippen LogP contribution in [-0.2, 0) is 15.7 Å². The van der Waals surface area contributed by atoms with Gasteiger partial charge in [-0.05, 0) is 19.1 Å². The molecule has 34 heavy (non-hydrogen) atoms. The summed E-state index contributed by atoms with van der Waals surface area (Å²) in [5, 5.41) is 20.0. The first kappa shape index (κ1) is 25.3. The van der Waals surface area contributed by atoms with Gasteiger partial charge in [-0.3, -0.25) is 14.9 Å². The van der Waals surface area contributed by atoms with E-state index in [0.29, 0.717) is 11.0 Å². The number of rotatable bonds is 3. The number of piperazine rings is 1. The van der Waals surface area contributed by atoms with Gasteiger partial charge in [-0.2, -0.15) is 26.3 Å². The van der Waals surface area contributed by atoms with Crippen LogP contribution in [0.1, 0.15) is 12.5 Å². The average molecular weight is 500 g/mol. The molecule has 1 aromatic rings. The number of benzene rings is 1. The van der Waals surface area contributed by atoms with Crippen LogP contribution in [0.15, 0.2) is 18.2 Å². The van der Waals surface area contributed by atoms with Crippen LogP contribution in [0.25, 0.3) is 0 Å². The van der Waals surface area contributed by atoms with E-state index in [4.69, 9.17) is 9.84 Å². The largest absolute Gasteiger partial charge is 0.465 e. The van der Waals surface area contributed by atoms with Crippen molar-refractivity contribution < 1.29 is 50.7 Å². The summed E-state index contributed by atoms with van der Waals surface area (Å²) in [5.74, 6) is -0.883. The molecule has 2 fully saturated rings. The van der Waals surface area contributed by atoms with Gasteiger partial charge in [0.15, 0.2) is 6.10 Å². The molecule has 0 spiro atoms. The molecule has 16 heteroatoms. The lowest BCUT2D eigenvalue weighted by Gasteiger charge is -2.38. The second-order valence-electron chi connectivity index (χ2n) is 7.74. The molecule has 2 aliphatic rings. The number of amides is 2. The molecule has 0 saturated carbocycles. The van der Waals surface area contributed by atoms with Crippen molar-refractivity contribution in [3.8, 4) is 0 Å². The zero-order valence-corrected chi connectivity index (χ0v) is 17.3. The Morgan fingerprint density at radius 3 is 2.29 bits per heavy atom. The maximum absolute atomic E-state index is 13.6. The Labute approximate surface area is 187 Å². The molecule has 3 unspecified atom stereocenters. The lowest BCUT2D eigenvalue weighted by atomic mass is 10.1. The lowest BCUT2D eigenvalue weighted by Crippen LogP contribution is -2.57. The summed E-state index contributed by atoms with van der Waals surface area (Å²) < 4.78 is 85.7. The summed E-state index contributed by atoms with van der Waals surface area (Å²) >= 11 is 0. The van der Waals surface area contributed by atoms with Crippen LogP contribution in [0, 0.1) is 10.1 Å². The maximum Gasteiger partial charge on any atom is 0.433 e.